The lowest BCUT2D eigenvalue weighted by atomic mass is 10.0. The summed E-state index contributed by atoms with van der Waals surface area (Å²) < 4.78 is 0. The summed E-state index contributed by atoms with van der Waals surface area (Å²) in [6, 6.07) is 0. The van der Waals surface area contributed by atoms with Gasteiger partial charge in [-0.3, -0.25) is 0 Å². The van der Waals surface area contributed by atoms with E-state index in [9.17, 15) is 0 Å². The van der Waals surface area contributed by atoms with E-state index < -0.39 is 8.40 Å². The molecule has 0 saturated heterocycles. The molecule has 0 spiro atoms. The molecule has 2 N–H and O–H groups in total. The zero-order valence-corrected chi connectivity index (χ0v) is 11.6. The molecule has 16 heavy (non-hydrogen) atoms. The molecule has 0 bridgehead atoms. The molecule has 0 radical (unpaired) electrons. The Kier molecular flexibility index (Phi) is 6.02. The SMILES string of the molecule is C=CCN[Si](C)(NCC=C)C1CCCCC1. The molecule has 0 unspecified atom stereocenters. The average molecular weight is 238 g/mol. The van der Waals surface area contributed by atoms with Crippen LogP contribution in [0, 0.1) is 0 Å². The van der Waals surface area contributed by atoms with Crippen molar-refractivity contribution in [3.63, 3.8) is 0 Å². The van der Waals surface area contributed by atoms with E-state index in [1.165, 1.54) is 32.1 Å². The molecule has 0 aromatic heterocycles. The predicted octanol–water partition coefficient (Wildman–Crippen LogP) is 2.94. The highest BCUT2D eigenvalue weighted by atomic mass is 28.3. The van der Waals surface area contributed by atoms with E-state index in [4.69, 9.17) is 0 Å². The van der Waals surface area contributed by atoms with Crippen LogP contribution < -0.4 is 9.96 Å². The Morgan fingerprint density at radius 3 is 2.00 bits per heavy atom. The minimum atomic E-state index is -1.53. The van der Waals surface area contributed by atoms with Gasteiger partial charge < -0.3 is 9.96 Å². The van der Waals surface area contributed by atoms with Gasteiger partial charge in [0.05, 0.1) is 0 Å². The van der Waals surface area contributed by atoms with E-state index >= 15 is 0 Å². The lowest BCUT2D eigenvalue weighted by molar-refractivity contribution is 0.481. The lowest BCUT2D eigenvalue weighted by Crippen LogP contribution is -2.63. The third kappa shape index (κ3) is 3.89. The van der Waals surface area contributed by atoms with Gasteiger partial charge in [0.1, 0.15) is 0 Å². The van der Waals surface area contributed by atoms with Crippen LogP contribution in [0.1, 0.15) is 32.1 Å². The van der Waals surface area contributed by atoms with E-state index in [-0.39, 0.29) is 0 Å². The van der Waals surface area contributed by atoms with Gasteiger partial charge in [0, 0.05) is 13.1 Å². The fourth-order valence-electron chi connectivity index (χ4n) is 2.60. The summed E-state index contributed by atoms with van der Waals surface area (Å²) in [5, 5.41) is 0. The fraction of sp³-hybridized carbons (Fsp3) is 0.692. The van der Waals surface area contributed by atoms with Crippen molar-refractivity contribution in [2.24, 2.45) is 0 Å². The minimum absolute atomic E-state index is 0.862. The van der Waals surface area contributed by atoms with Crippen LogP contribution >= 0.6 is 0 Å². The standard InChI is InChI=1S/C13H26N2Si/c1-4-11-14-16(3,15-12-5-2)13-9-7-6-8-10-13/h4-5,13-15H,1-2,6-12H2,3H3. The first-order valence-electron chi connectivity index (χ1n) is 6.45. The molecular formula is C13H26N2Si. The maximum atomic E-state index is 3.80. The summed E-state index contributed by atoms with van der Waals surface area (Å²) in [5.74, 6) is 0. The van der Waals surface area contributed by atoms with Crippen molar-refractivity contribution in [1.29, 1.82) is 0 Å². The second-order valence-corrected chi connectivity index (χ2v) is 8.80. The first-order chi connectivity index (χ1) is 7.73. The number of nitrogens with one attached hydrogen (secondary N) is 2. The summed E-state index contributed by atoms with van der Waals surface area (Å²) in [4.78, 5) is 7.42. The molecular weight excluding hydrogens is 212 g/mol. The molecule has 0 aliphatic heterocycles. The smallest absolute Gasteiger partial charge is 0.201 e. The topological polar surface area (TPSA) is 24.1 Å². The van der Waals surface area contributed by atoms with Gasteiger partial charge in [0.25, 0.3) is 0 Å². The molecule has 1 saturated carbocycles. The van der Waals surface area contributed by atoms with E-state index in [1.807, 2.05) is 12.2 Å². The molecule has 1 aliphatic rings. The zero-order valence-electron chi connectivity index (χ0n) is 10.6. The first kappa shape index (κ1) is 13.7. The fourth-order valence-corrected chi connectivity index (χ4v) is 6.00. The highest BCUT2D eigenvalue weighted by Crippen LogP contribution is 2.34. The van der Waals surface area contributed by atoms with Crippen molar-refractivity contribution >= 4 is 8.40 Å². The van der Waals surface area contributed by atoms with Crippen LogP contribution in [0.2, 0.25) is 12.1 Å². The largest absolute Gasteiger partial charge is 0.322 e. The first-order valence-corrected chi connectivity index (χ1v) is 9.02. The Hall–Kier alpha value is -0.383. The van der Waals surface area contributed by atoms with Gasteiger partial charge in [-0.1, -0.05) is 44.3 Å². The molecule has 0 aromatic rings. The highest BCUT2D eigenvalue weighted by molar-refractivity contribution is 6.75. The molecule has 1 fully saturated rings. The third-order valence-electron chi connectivity index (χ3n) is 3.65. The minimum Gasteiger partial charge on any atom is -0.322 e. The Morgan fingerprint density at radius 1 is 1.06 bits per heavy atom. The molecule has 0 aromatic carbocycles. The second kappa shape index (κ2) is 7.04. The van der Waals surface area contributed by atoms with E-state index in [0.29, 0.717) is 0 Å². The number of hydrogen-bond donors (Lipinski definition) is 2. The van der Waals surface area contributed by atoms with Gasteiger partial charge in [0.2, 0.25) is 8.40 Å². The van der Waals surface area contributed by atoms with Crippen LogP contribution in [0.4, 0.5) is 0 Å². The molecule has 1 rings (SSSR count). The quantitative estimate of drug-likeness (QED) is 0.526. The zero-order chi connectivity index (χ0) is 11.9. The number of rotatable bonds is 7. The summed E-state index contributed by atoms with van der Waals surface area (Å²) in [7, 11) is -1.53. The van der Waals surface area contributed by atoms with Crippen molar-refractivity contribution in [1.82, 2.24) is 9.96 Å². The van der Waals surface area contributed by atoms with Crippen LogP contribution in [-0.2, 0) is 0 Å². The normalized spacial score (nSPS) is 18.3. The summed E-state index contributed by atoms with van der Waals surface area (Å²) in [5.41, 5.74) is 0.862. The van der Waals surface area contributed by atoms with Crippen LogP contribution in [0.3, 0.4) is 0 Å². The van der Waals surface area contributed by atoms with Crippen LogP contribution in [0.25, 0.3) is 0 Å². The third-order valence-corrected chi connectivity index (χ3v) is 7.74. The van der Waals surface area contributed by atoms with Crippen molar-refractivity contribution in [2.45, 2.75) is 44.2 Å². The maximum absolute atomic E-state index is 3.80. The number of hydrogen-bond acceptors (Lipinski definition) is 2. The molecule has 92 valence electrons. The van der Waals surface area contributed by atoms with Gasteiger partial charge >= 0.3 is 0 Å². The Labute approximate surface area is 101 Å². The molecule has 1 aliphatic carbocycles. The van der Waals surface area contributed by atoms with Crippen molar-refractivity contribution in [2.75, 3.05) is 13.1 Å². The summed E-state index contributed by atoms with van der Waals surface area (Å²) in [6.45, 7) is 11.9. The molecule has 0 heterocycles. The Balaban J connectivity index is 2.58. The van der Waals surface area contributed by atoms with Gasteiger partial charge in [-0.15, -0.1) is 13.2 Å². The van der Waals surface area contributed by atoms with Crippen LogP contribution in [-0.4, -0.2) is 21.5 Å². The van der Waals surface area contributed by atoms with E-state index in [0.717, 1.165) is 18.6 Å². The molecule has 0 atom stereocenters. The van der Waals surface area contributed by atoms with Crippen molar-refractivity contribution < 1.29 is 0 Å². The molecule has 2 nitrogen and oxygen atoms in total. The predicted molar refractivity (Wildman–Crippen MR) is 74.9 cm³/mol. The van der Waals surface area contributed by atoms with Crippen molar-refractivity contribution in [3.8, 4) is 0 Å². The maximum Gasteiger partial charge on any atom is 0.201 e. The highest BCUT2D eigenvalue weighted by Gasteiger charge is 2.36. The monoisotopic (exact) mass is 238 g/mol. The van der Waals surface area contributed by atoms with Gasteiger partial charge in [-0.25, -0.2) is 0 Å². The van der Waals surface area contributed by atoms with Gasteiger partial charge in [0.15, 0.2) is 0 Å². The van der Waals surface area contributed by atoms with E-state index in [2.05, 4.69) is 29.7 Å². The van der Waals surface area contributed by atoms with E-state index in [1.54, 1.807) is 0 Å². The molecule has 3 heteroatoms. The van der Waals surface area contributed by atoms with Gasteiger partial charge in [-0.05, 0) is 12.1 Å². The summed E-state index contributed by atoms with van der Waals surface area (Å²) in [6.07, 6.45) is 10.9. The Bertz CT molecular complexity index is 210. The van der Waals surface area contributed by atoms with Crippen LogP contribution in [0.5, 0.6) is 0 Å². The average Bonchev–Trinajstić information content (AvgIpc) is 2.35. The second-order valence-electron chi connectivity index (χ2n) is 4.88. The Morgan fingerprint density at radius 2 is 1.56 bits per heavy atom. The molecule has 0 amide bonds. The summed E-state index contributed by atoms with van der Waals surface area (Å²) >= 11 is 0. The lowest BCUT2D eigenvalue weighted by Gasteiger charge is -2.38. The van der Waals surface area contributed by atoms with Crippen LogP contribution in [0.15, 0.2) is 25.3 Å². The van der Waals surface area contributed by atoms with Gasteiger partial charge in [-0.2, -0.15) is 0 Å². The van der Waals surface area contributed by atoms with Crippen molar-refractivity contribution in [3.05, 3.63) is 25.3 Å².